The van der Waals surface area contributed by atoms with Crippen LogP contribution in [0.5, 0.6) is 5.75 Å². The van der Waals surface area contributed by atoms with Gasteiger partial charge in [-0.25, -0.2) is 0 Å². The third kappa shape index (κ3) is 3.30. The Morgan fingerprint density at radius 3 is 2.85 bits per heavy atom. The summed E-state index contributed by atoms with van der Waals surface area (Å²) in [5, 5.41) is 7.77. The van der Waals surface area contributed by atoms with E-state index in [2.05, 4.69) is 14.9 Å². The fraction of sp³-hybridized carbons (Fsp3) is 0.308. The SMILES string of the molecule is COC(=O)C(C)Sc1nnc(-c2cccc(OC)c2)o1. The van der Waals surface area contributed by atoms with Crippen LogP contribution >= 0.6 is 11.8 Å². The van der Waals surface area contributed by atoms with E-state index >= 15 is 0 Å². The summed E-state index contributed by atoms with van der Waals surface area (Å²) in [5.41, 5.74) is 0.759. The van der Waals surface area contributed by atoms with Crippen molar-refractivity contribution in [3.63, 3.8) is 0 Å². The Bertz CT molecular complexity index is 600. The second kappa shape index (κ2) is 6.42. The van der Waals surface area contributed by atoms with Gasteiger partial charge in [0.25, 0.3) is 5.22 Å². The molecular weight excluding hydrogens is 280 g/mol. The number of hydrogen-bond acceptors (Lipinski definition) is 7. The maximum Gasteiger partial charge on any atom is 0.319 e. The molecule has 6 nitrogen and oxygen atoms in total. The van der Waals surface area contributed by atoms with Gasteiger partial charge in [-0.1, -0.05) is 17.8 Å². The van der Waals surface area contributed by atoms with Gasteiger partial charge in [-0.15, -0.1) is 10.2 Å². The van der Waals surface area contributed by atoms with Crippen LogP contribution in [0.1, 0.15) is 6.92 Å². The van der Waals surface area contributed by atoms with E-state index < -0.39 is 5.25 Å². The van der Waals surface area contributed by atoms with Crippen LogP contribution in [0.4, 0.5) is 0 Å². The van der Waals surface area contributed by atoms with Crippen molar-refractivity contribution in [2.45, 2.75) is 17.4 Å². The first-order valence-electron chi connectivity index (χ1n) is 5.86. The van der Waals surface area contributed by atoms with Crippen LogP contribution in [-0.4, -0.2) is 35.6 Å². The molecule has 0 fully saturated rings. The first-order chi connectivity index (χ1) is 9.63. The molecule has 0 aliphatic heterocycles. The summed E-state index contributed by atoms with van der Waals surface area (Å²) in [4.78, 5) is 11.3. The minimum absolute atomic E-state index is 0.320. The number of carbonyl (C=O) groups excluding carboxylic acids is 1. The Balaban J connectivity index is 2.14. The molecule has 1 aromatic heterocycles. The molecule has 20 heavy (non-hydrogen) atoms. The van der Waals surface area contributed by atoms with E-state index in [0.717, 1.165) is 17.3 Å². The molecule has 0 spiro atoms. The Morgan fingerprint density at radius 1 is 1.35 bits per heavy atom. The molecule has 0 aliphatic rings. The number of rotatable bonds is 5. The van der Waals surface area contributed by atoms with Crippen molar-refractivity contribution in [3.05, 3.63) is 24.3 Å². The normalized spacial score (nSPS) is 11.9. The highest BCUT2D eigenvalue weighted by Crippen LogP contribution is 2.28. The number of esters is 1. The molecule has 0 saturated heterocycles. The zero-order valence-corrected chi connectivity index (χ0v) is 12.1. The van der Waals surface area contributed by atoms with Gasteiger partial charge in [0.05, 0.1) is 14.2 Å². The summed E-state index contributed by atoms with van der Waals surface area (Å²) < 4.78 is 15.3. The van der Waals surface area contributed by atoms with Crippen LogP contribution in [0.25, 0.3) is 11.5 Å². The molecule has 1 unspecified atom stereocenters. The lowest BCUT2D eigenvalue weighted by Crippen LogP contribution is -2.14. The molecule has 0 amide bonds. The molecule has 7 heteroatoms. The fourth-order valence-corrected chi connectivity index (χ4v) is 2.21. The van der Waals surface area contributed by atoms with Gasteiger partial charge in [-0.2, -0.15) is 0 Å². The summed E-state index contributed by atoms with van der Waals surface area (Å²) in [6, 6.07) is 7.30. The number of methoxy groups -OCH3 is 2. The van der Waals surface area contributed by atoms with Crippen LogP contribution in [0.2, 0.25) is 0 Å². The molecule has 2 rings (SSSR count). The quantitative estimate of drug-likeness (QED) is 0.619. The largest absolute Gasteiger partial charge is 0.497 e. The van der Waals surface area contributed by atoms with Crippen molar-refractivity contribution in [1.82, 2.24) is 10.2 Å². The van der Waals surface area contributed by atoms with E-state index in [0.29, 0.717) is 16.9 Å². The Labute approximate surface area is 120 Å². The average molecular weight is 294 g/mol. The molecule has 0 radical (unpaired) electrons. The zero-order chi connectivity index (χ0) is 14.5. The summed E-state index contributed by atoms with van der Waals surface area (Å²) in [5.74, 6) is 0.748. The molecule has 0 saturated carbocycles. The molecule has 2 aromatic rings. The maximum atomic E-state index is 11.3. The molecule has 0 aliphatic carbocycles. The molecule has 0 bridgehead atoms. The number of thioether (sulfide) groups is 1. The minimum Gasteiger partial charge on any atom is -0.497 e. The van der Waals surface area contributed by atoms with Gasteiger partial charge < -0.3 is 13.9 Å². The van der Waals surface area contributed by atoms with E-state index in [4.69, 9.17) is 9.15 Å². The maximum absolute atomic E-state index is 11.3. The van der Waals surface area contributed by atoms with Gasteiger partial charge in [-0.05, 0) is 25.1 Å². The highest BCUT2D eigenvalue weighted by Gasteiger charge is 2.19. The molecule has 1 heterocycles. The van der Waals surface area contributed by atoms with Crippen molar-refractivity contribution in [2.75, 3.05) is 14.2 Å². The number of aromatic nitrogens is 2. The molecular formula is C13H14N2O4S. The van der Waals surface area contributed by atoms with Gasteiger partial charge in [0.15, 0.2) is 0 Å². The van der Waals surface area contributed by atoms with Crippen LogP contribution in [0.15, 0.2) is 33.9 Å². The van der Waals surface area contributed by atoms with Gasteiger partial charge in [0, 0.05) is 5.56 Å². The van der Waals surface area contributed by atoms with Gasteiger partial charge in [-0.3, -0.25) is 4.79 Å². The van der Waals surface area contributed by atoms with Gasteiger partial charge >= 0.3 is 5.97 Å². The third-order valence-electron chi connectivity index (χ3n) is 2.53. The van der Waals surface area contributed by atoms with Gasteiger partial charge in [0.1, 0.15) is 11.0 Å². The van der Waals surface area contributed by atoms with Crippen LogP contribution < -0.4 is 4.74 Å². The van der Waals surface area contributed by atoms with Crippen molar-refractivity contribution < 1.29 is 18.7 Å². The lowest BCUT2D eigenvalue weighted by Gasteiger charge is -2.04. The monoisotopic (exact) mass is 294 g/mol. The smallest absolute Gasteiger partial charge is 0.319 e. The summed E-state index contributed by atoms with van der Waals surface area (Å²) in [6.45, 7) is 1.71. The van der Waals surface area contributed by atoms with Crippen molar-refractivity contribution >= 4 is 17.7 Å². The Morgan fingerprint density at radius 2 is 2.15 bits per heavy atom. The van der Waals surface area contributed by atoms with Gasteiger partial charge in [0.2, 0.25) is 5.89 Å². The zero-order valence-electron chi connectivity index (χ0n) is 11.3. The first kappa shape index (κ1) is 14.4. The number of ether oxygens (including phenoxy) is 2. The predicted octanol–water partition coefficient (Wildman–Crippen LogP) is 2.40. The highest BCUT2D eigenvalue weighted by atomic mass is 32.2. The Hall–Kier alpha value is -2.02. The molecule has 1 aromatic carbocycles. The number of nitrogens with zero attached hydrogens (tertiary/aromatic N) is 2. The average Bonchev–Trinajstić information content (AvgIpc) is 2.94. The second-order valence-corrected chi connectivity index (χ2v) is 5.18. The Kier molecular flexibility index (Phi) is 4.62. The standard InChI is InChI=1S/C13H14N2O4S/c1-8(12(16)18-3)20-13-15-14-11(19-13)9-5-4-6-10(7-9)17-2/h4-8H,1-3H3. The van der Waals surface area contributed by atoms with E-state index in [1.807, 2.05) is 18.2 Å². The number of benzene rings is 1. The molecule has 0 N–H and O–H groups in total. The van der Waals surface area contributed by atoms with E-state index in [9.17, 15) is 4.79 Å². The first-order valence-corrected chi connectivity index (χ1v) is 6.74. The predicted molar refractivity (Wildman–Crippen MR) is 73.6 cm³/mol. The summed E-state index contributed by atoms with van der Waals surface area (Å²) in [6.07, 6.45) is 0. The van der Waals surface area contributed by atoms with E-state index in [1.54, 1.807) is 20.1 Å². The lowest BCUT2D eigenvalue weighted by atomic mass is 10.2. The van der Waals surface area contributed by atoms with Crippen LogP contribution in [-0.2, 0) is 9.53 Å². The second-order valence-electron chi connectivity index (χ2n) is 3.89. The topological polar surface area (TPSA) is 74.5 Å². The van der Waals surface area contributed by atoms with Crippen LogP contribution in [0, 0.1) is 0 Å². The van der Waals surface area contributed by atoms with Crippen molar-refractivity contribution in [1.29, 1.82) is 0 Å². The lowest BCUT2D eigenvalue weighted by molar-refractivity contribution is -0.139. The number of carbonyl (C=O) groups is 1. The fourth-order valence-electron chi connectivity index (χ4n) is 1.50. The van der Waals surface area contributed by atoms with Crippen molar-refractivity contribution in [3.8, 4) is 17.2 Å². The number of hydrogen-bond donors (Lipinski definition) is 0. The van der Waals surface area contributed by atoms with Crippen LogP contribution in [0.3, 0.4) is 0 Å². The summed E-state index contributed by atoms with van der Waals surface area (Å²) in [7, 11) is 2.93. The molecule has 106 valence electrons. The third-order valence-corrected chi connectivity index (χ3v) is 3.45. The van der Waals surface area contributed by atoms with Crippen molar-refractivity contribution in [2.24, 2.45) is 0 Å². The van der Waals surface area contributed by atoms with E-state index in [1.165, 1.54) is 7.11 Å². The highest BCUT2D eigenvalue weighted by molar-refractivity contribution is 8.00. The minimum atomic E-state index is -0.404. The molecule has 1 atom stereocenters. The summed E-state index contributed by atoms with van der Waals surface area (Å²) >= 11 is 1.16. The van der Waals surface area contributed by atoms with E-state index in [-0.39, 0.29) is 5.97 Å².